The maximum absolute atomic E-state index is 13.6. The molecule has 3 aromatic rings. The zero-order chi connectivity index (χ0) is 27.6. The lowest BCUT2D eigenvalue weighted by Crippen LogP contribution is -2.38. The molecule has 10 heteroatoms. The van der Waals surface area contributed by atoms with E-state index in [9.17, 15) is 14.0 Å². The van der Waals surface area contributed by atoms with Crippen molar-refractivity contribution in [3.63, 3.8) is 0 Å². The van der Waals surface area contributed by atoms with Crippen LogP contribution in [0.25, 0.3) is 17.3 Å². The van der Waals surface area contributed by atoms with Gasteiger partial charge in [-0.25, -0.2) is 18.7 Å². The Morgan fingerprint density at radius 2 is 1.84 bits per heavy atom. The van der Waals surface area contributed by atoms with Crippen LogP contribution in [0.15, 0.2) is 42.5 Å². The fourth-order valence-corrected chi connectivity index (χ4v) is 4.66. The number of carbonyl (C=O) groups is 2. The average Bonchev–Trinajstić information content (AvgIpc) is 3.10. The Bertz CT molecular complexity index is 1390. The van der Waals surface area contributed by atoms with Gasteiger partial charge in [0.1, 0.15) is 11.4 Å². The average molecular weight is 560 g/mol. The van der Waals surface area contributed by atoms with Crippen LogP contribution in [0.2, 0.25) is 10.0 Å². The summed E-state index contributed by atoms with van der Waals surface area (Å²) in [7, 11) is 0. The first-order valence-electron chi connectivity index (χ1n) is 12.2. The number of halogens is 3. The fourth-order valence-electron chi connectivity index (χ4n) is 4.17. The van der Waals surface area contributed by atoms with Gasteiger partial charge in [0.15, 0.2) is 5.69 Å². The molecule has 0 radical (unpaired) electrons. The molecular weight excluding hydrogens is 532 g/mol. The summed E-state index contributed by atoms with van der Waals surface area (Å²) in [5, 5.41) is 5.40. The van der Waals surface area contributed by atoms with E-state index < -0.39 is 17.7 Å². The molecule has 0 fully saturated rings. The van der Waals surface area contributed by atoms with Crippen LogP contribution in [0, 0.1) is 5.82 Å². The number of hydrogen-bond acceptors (Lipinski definition) is 5. The first-order valence-corrected chi connectivity index (χ1v) is 12.9. The van der Waals surface area contributed by atoms with E-state index in [1.165, 1.54) is 12.1 Å². The van der Waals surface area contributed by atoms with E-state index in [1.54, 1.807) is 67.6 Å². The lowest BCUT2D eigenvalue weighted by atomic mass is 10.0. The number of fused-ring (bicyclic) bond motifs is 1. The van der Waals surface area contributed by atoms with E-state index in [2.05, 4.69) is 5.10 Å². The molecular formula is C28H28Cl2FN3O4. The van der Waals surface area contributed by atoms with Crippen LogP contribution >= 0.6 is 23.2 Å². The second-order valence-electron chi connectivity index (χ2n) is 9.78. The molecule has 0 unspecified atom stereocenters. The predicted octanol–water partition coefficient (Wildman–Crippen LogP) is 6.83. The lowest BCUT2D eigenvalue weighted by molar-refractivity contribution is 0.0279. The number of esters is 1. The highest BCUT2D eigenvalue weighted by atomic mass is 35.5. The number of rotatable bonds is 4. The Balaban J connectivity index is 1.94. The lowest BCUT2D eigenvalue weighted by Gasteiger charge is -2.27. The van der Waals surface area contributed by atoms with Gasteiger partial charge in [-0.15, -0.1) is 0 Å². The van der Waals surface area contributed by atoms with E-state index in [0.29, 0.717) is 44.5 Å². The summed E-state index contributed by atoms with van der Waals surface area (Å²) < 4.78 is 26.2. The number of ether oxygens (including phenoxy) is 2. The molecule has 4 rings (SSSR count). The third kappa shape index (κ3) is 6.19. The second-order valence-corrected chi connectivity index (χ2v) is 10.6. The summed E-state index contributed by atoms with van der Waals surface area (Å²) in [6.07, 6.45) is 1.65. The minimum Gasteiger partial charge on any atom is -0.461 e. The van der Waals surface area contributed by atoms with E-state index >= 15 is 0 Å². The summed E-state index contributed by atoms with van der Waals surface area (Å²) in [5.74, 6) is -0.953. The molecule has 200 valence electrons. The van der Waals surface area contributed by atoms with E-state index in [4.69, 9.17) is 32.7 Å². The zero-order valence-corrected chi connectivity index (χ0v) is 23.1. The first kappa shape index (κ1) is 27.7. The molecule has 1 aliphatic heterocycles. The van der Waals surface area contributed by atoms with Crippen LogP contribution in [0.5, 0.6) is 0 Å². The second kappa shape index (κ2) is 11.2. The summed E-state index contributed by atoms with van der Waals surface area (Å²) in [6, 6.07) is 10.9. The van der Waals surface area contributed by atoms with Gasteiger partial charge in [0, 0.05) is 17.1 Å². The Morgan fingerprint density at radius 1 is 1.13 bits per heavy atom. The normalized spacial score (nSPS) is 14.7. The van der Waals surface area contributed by atoms with Crippen molar-refractivity contribution in [1.29, 1.82) is 0 Å². The highest BCUT2D eigenvalue weighted by Gasteiger charge is 2.33. The number of nitrogens with zero attached hydrogens (tertiary/aromatic N) is 3. The molecule has 0 saturated heterocycles. The number of amides is 1. The number of hydrogen-bond donors (Lipinski definition) is 0. The number of carbonyl (C=O) groups excluding carboxylic acids is 2. The van der Waals surface area contributed by atoms with Crippen molar-refractivity contribution >= 4 is 46.9 Å². The van der Waals surface area contributed by atoms with Gasteiger partial charge in [0.2, 0.25) is 0 Å². The Hall–Kier alpha value is -3.36. The summed E-state index contributed by atoms with van der Waals surface area (Å²) >= 11 is 12.7. The molecule has 38 heavy (non-hydrogen) atoms. The number of benzene rings is 2. The molecule has 0 N–H and O–H groups in total. The van der Waals surface area contributed by atoms with E-state index in [-0.39, 0.29) is 31.2 Å². The van der Waals surface area contributed by atoms with E-state index in [1.807, 2.05) is 6.08 Å². The maximum atomic E-state index is 13.6. The molecule has 0 atom stereocenters. The van der Waals surface area contributed by atoms with Gasteiger partial charge in [-0.1, -0.05) is 35.3 Å². The molecule has 2 heterocycles. The van der Waals surface area contributed by atoms with Gasteiger partial charge in [0.25, 0.3) is 0 Å². The molecule has 2 aromatic carbocycles. The van der Waals surface area contributed by atoms with Gasteiger partial charge in [0.05, 0.1) is 29.6 Å². The molecule has 0 spiro atoms. The molecule has 7 nitrogen and oxygen atoms in total. The van der Waals surface area contributed by atoms with Gasteiger partial charge >= 0.3 is 12.1 Å². The molecule has 0 aliphatic carbocycles. The Morgan fingerprint density at radius 3 is 2.47 bits per heavy atom. The Labute approximate surface area is 230 Å². The van der Waals surface area contributed by atoms with Gasteiger partial charge in [-0.05, 0) is 81.7 Å². The van der Waals surface area contributed by atoms with Crippen LogP contribution in [0.4, 0.5) is 9.18 Å². The van der Waals surface area contributed by atoms with Gasteiger partial charge < -0.3 is 14.4 Å². The van der Waals surface area contributed by atoms with Crippen LogP contribution < -0.4 is 0 Å². The summed E-state index contributed by atoms with van der Waals surface area (Å²) in [4.78, 5) is 27.7. The van der Waals surface area contributed by atoms with Crippen molar-refractivity contribution in [2.24, 2.45) is 0 Å². The molecule has 0 saturated carbocycles. The van der Waals surface area contributed by atoms with Crippen molar-refractivity contribution in [3.8, 4) is 5.69 Å². The smallest absolute Gasteiger partial charge is 0.410 e. The van der Waals surface area contributed by atoms with Crippen molar-refractivity contribution in [2.75, 3.05) is 19.7 Å². The quantitative estimate of drug-likeness (QED) is 0.327. The van der Waals surface area contributed by atoms with Gasteiger partial charge in [-0.2, -0.15) is 5.10 Å². The topological polar surface area (TPSA) is 73.7 Å². The largest absolute Gasteiger partial charge is 0.461 e. The minimum absolute atomic E-state index is 0.129. The van der Waals surface area contributed by atoms with Crippen molar-refractivity contribution in [1.82, 2.24) is 14.7 Å². The minimum atomic E-state index is -0.694. The summed E-state index contributed by atoms with van der Waals surface area (Å²) in [5.41, 5.74) is 2.49. The molecule has 0 bridgehead atoms. The maximum Gasteiger partial charge on any atom is 0.410 e. The third-order valence-corrected chi connectivity index (χ3v) is 6.29. The fraction of sp³-hybridized carbons (Fsp3) is 0.321. The van der Waals surface area contributed by atoms with Crippen LogP contribution in [-0.4, -0.2) is 52.0 Å². The van der Waals surface area contributed by atoms with Crippen LogP contribution in [0.3, 0.4) is 0 Å². The molecule has 1 amide bonds. The Kier molecular flexibility index (Phi) is 8.13. The highest BCUT2D eigenvalue weighted by Crippen LogP contribution is 2.35. The predicted molar refractivity (Wildman–Crippen MR) is 145 cm³/mol. The first-order chi connectivity index (χ1) is 18.0. The van der Waals surface area contributed by atoms with Crippen LogP contribution in [0.1, 0.15) is 55.0 Å². The highest BCUT2D eigenvalue weighted by molar-refractivity contribution is 6.35. The number of aromatic nitrogens is 2. The molecule has 1 aliphatic rings. The van der Waals surface area contributed by atoms with E-state index in [0.717, 1.165) is 0 Å². The van der Waals surface area contributed by atoms with Crippen molar-refractivity contribution in [2.45, 2.75) is 39.7 Å². The SMILES string of the molecule is CCOC(=O)c1nn(-c2ccc(Cl)cc2Cl)c2c1CCN(C(=O)OC(C)(C)C)CC2=Cc1ccc(F)cc1. The summed E-state index contributed by atoms with van der Waals surface area (Å²) in [6.45, 7) is 7.70. The van der Waals surface area contributed by atoms with Crippen molar-refractivity contribution < 1.29 is 23.5 Å². The van der Waals surface area contributed by atoms with Crippen LogP contribution in [-0.2, 0) is 15.9 Å². The third-order valence-electron chi connectivity index (χ3n) is 5.75. The van der Waals surface area contributed by atoms with Gasteiger partial charge in [-0.3, -0.25) is 0 Å². The zero-order valence-electron chi connectivity index (χ0n) is 21.6. The van der Waals surface area contributed by atoms with Crippen molar-refractivity contribution in [3.05, 3.63) is 80.8 Å². The standard InChI is InChI=1S/C28H28Cl2FN3O4/c1-5-37-26(35)24-21-12-13-33(27(36)38-28(2,3)4)16-18(14-17-6-9-20(31)10-7-17)25(21)34(32-24)23-11-8-19(29)15-22(23)30/h6-11,14-15H,5,12-13,16H2,1-4H3. The molecule has 1 aromatic heterocycles. The monoisotopic (exact) mass is 559 g/mol.